The lowest BCUT2D eigenvalue weighted by atomic mass is 9.85. The number of amides is 2. The number of rotatable bonds is 10. The van der Waals surface area contributed by atoms with E-state index in [0.717, 1.165) is 31.3 Å². The van der Waals surface area contributed by atoms with Crippen molar-refractivity contribution in [2.45, 2.75) is 69.6 Å². The number of hydrogen-bond acceptors (Lipinski definition) is 6. The summed E-state index contributed by atoms with van der Waals surface area (Å²) in [5.74, 6) is -3.97. The first-order chi connectivity index (χ1) is 24.6. The molecule has 21 heteroatoms. The van der Waals surface area contributed by atoms with Gasteiger partial charge in [0, 0.05) is 39.2 Å². The van der Waals surface area contributed by atoms with E-state index < -0.39 is 84.6 Å². The highest BCUT2D eigenvalue weighted by atomic mass is 19.4. The Bertz CT molecular complexity index is 1980. The predicted molar refractivity (Wildman–Crippen MR) is 163 cm³/mol. The molecular formula is C32H30F11N7O3. The van der Waals surface area contributed by atoms with Crippen molar-refractivity contribution in [3.8, 4) is 5.88 Å². The fraction of sp³-hybridized carbons (Fsp3) is 0.469. The van der Waals surface area contributed by atoms with E-state index in [2.05, 4.69) is 25.7 Å². The number of aryl methyl sites for hydroxylation is 2. The molecule has 1 saturated carbocycles. The molecule has 10 nitrogen and oxygen atoms in total. The van der Waals surface area contributed by atoms with E-state index in [1.807, 2.05) is 0 Å². The molecule has 53 heavy (non-hydrogen) atoms. The summed E-state index contributed by atoms with van der Waals surface area (Å²) in [5, 5.41) is 8.18. The van der Waals surface area contributed by atoms with Crippen LogP contribution in [0.4, 0.5) is 48.3 Å². The van der Waals surface area contributed by atoms with Gasteiger partial charge in [-0.1, -0.05) is 12.1 Å². The number of halogens is 11. The Morgan fingerprint density at radius 2 is 1.58 bits per heavy atom. The molecule has 1 aliphatic carbocycles. The summed E-state index contributed by atoms with van der Waals surface area (Å²) in [5.41, 5.74) is -3.49. The Morgan fingerprint density at radius 3 is 2.17 bits per heavy atom. The number of pyridine rings is 1. The van der Waals surface area contributed by atoms with Crippen molar-refractivity contribution in [2.24, 2.45) is 20.0 Å². The third-order valence-corrected chi connectivity index (χ3v) is 8.70. The van der Waals surface area contributed by atoms with Gasteiger partial charge in [0.15, 0.2) is 17.9 Å². The van der Waals surface area contributed by atoms with Crippen LogP contribution in [-0.2, 0) is 39.4 Å². The summed E-state index contributed by atoms with van der Waals surface area (Å²) in [4.78, 5) is 34.3. The highest BCUT2D eigenvalue weighted by Crippen LogP contribution is 2.38. The molecule has 0 spiro atoms. The Labute approximate surface area is 292 Å². The molecule has 0 aliphatic heterocycles. The van der Waals surface area contributed by atoms with Crippen molar-refractivity contribution in [1.29, 1.82) is 0 Å². The number of nitrogens with zero attached hydrogens (tertiary/aromatic N) is 5. The van der Waals surface area contributed by atoms with Gasteiger partial charge in [0.2, 0.25) is 5.88 Å². The summed E-state index contributed by atoms with van der Waals surface area (Å²) in [7, 11) is 2.48. The lowest BCUT2D eigenvalue weighted by molar-refractivity contribution is -0.182. The Balaban J connectivity index is 1.41. The largest absolute Gasteiger partial charge is 0.471 e. The predicted octanol–water partition coefficient (Wildman–Crippen LogP) is 6.76. The lowest BCUT2D eigenvalue weighted by Crippen LogP contribution is -2.40. The highest BCUT2D eigenvalue weighted by Gasteiger charge is 2.42. The summed E-state index contributed by atoms with van der Waals surface area (Å²) in [6.45, 7) is -1.57. The fourth-order valence-electron chi connectivity index (χ4n) is 5.98. The quantitative estimate of drug-likeness (QED) is 0.173. The lowest BCUT2D eigenvalue weighted by Gasteiger charge is -2.30. The molecule has 288 valence electrons. The van der Waals surface area contributed by atoms with Gasteiger partial charge in [-0.05, 0) is 48.9 Å². The second kappa shape index (κ2) is 14.8. The maximum absolute atomic E-state index is 14.1. The zero-order valence-corrected chi connectivity index (χ0v) is 27.7. The normalized spacial score (nSPS) is 17.0. The monoisotopic (exact) mass is 769 g/mol. The summed E-state index contributed by atoms with van der Waals surface area (Å²) >= 11 is 0. The first-order valence-electron chi connectivity index (χ1n) is 15.8. The van der Waals surface area contributed by atoms with Crippen LogP contribution in [0.5, 0.6) is 5.88 Å². The van der Waals surface area contributed by atoms with Crippen LogP contribution < -0.4 is 15.4 Å². The molecule has 1 aliphatic rings. The van der Waals surface area contributed by atoms with Crippen LogP contribution in [0.15, 0.2) is 30.3 Å². The molecule has 0 radical (unpaired) electrons. The second-order valence-corrected chi connectivity index (χ2v) is 12.4. The molecule has 1 fully saturated rings. The standard InChI is InChI=1S/C32H30F11N7O3/c1-49-25(10-16-9-15(3-8-20(16)31(38,39)40)13-44-28(52)22-12-23(32(41,42)43)48-50(22)2)46-21-11-19(29(47-26(21)49)53-14-24(33)34)27(51)45-18-6-4-17(5-7-18)30(35,36)37/h3,8-9,11-12,17-18,24H,4-7,10,13-14H2,1-2H3,(H,44,52)(H,45,51). The highest BCUT2D eigenvalue weighted by molar-refractivity contribution is 5.99. The van der Waals surface area contributed by atoms with Crippen molar-refractivity contribution in [1.82, 2.24) is 34.9 Å². The van der Waals surface area contributed by atoms with Gasteiger partial charge in [0.05, 0.1) is 11.5 Å². The molecule has 0 unspecified atom stereocenters. The van der Waals surface area contributed by atoms with Crippen LogP contribution in [-0.4, -0.2) is 61.4 Å². The Morgan fingerprint density at radius 1 is 0.906 bits per heavy atom. The average Bonchev–Trinajstić information content (AvgIpc) is 3.60. The van der Waals surface area contributed by atoms with Gasteiger partial charge < -0.3 is 19.9 Å². The van der Waals surface area contributed by atoms with Crippen LogP contribution >= 0.6 is 0 Å². The molecule has 0 saturated heterocycles. The van der Waals surface area contributed by atoms with Crippen molar-refractivity contribution < 1.29 is 62.6 Å². The zero-order chi connectivity index (χ0) is 39.0. The third-order valence-electron chi connectivity index (χ3n) is 8.70. The molecule has 1 aromatic carbocycles. The maximum Gasteiger partial charge on any atom is 0.435 e. The van der Waals surface area contributed by atoms with Gasteiger partial charge in [-0.15, -0.1) is 0 Å². The Hall–Kier alpha value is -4.98. The van der Waals surface area contributed by atoms with E-state index in [0.29, 0.717) is 10.7 Å². The second-order valence-electron chi connectivity index (χ2n) is 12.4. The van der Waals surface area contributed by atoms with Gasteiger partial charge >= 0.3 is 18.5 Å². The molecule has 0 atom stereocenters. The number of carbonyl (C=O) groups is 2. The smallest absolute Gasteiger partial charge is 0.435 e. The number of nitrogens with one attached hydrogen (secondary N) is 2. The van der Waals surface area contributed by atoms with Crippen molar-refractivity contribution in [2.75, 3.05) is 6.61 Å². The zero-order valence-electron chi connectivity index (χ0n) is 27.7. The topological polar surface area (TPSA) is 116 Å². The molecular weight excluding hydrogens is 739 g/mol. The summed E-state index contributed by atoms with van der Waals surface area (Å²) in [6, 6.07) is 3.92. The molecule has 2 N–H and O–H groups in total. The van der Waals surface area contributed by atoms with E-state index in [4.69, 9.17) is 4.74 Å². The summed E-state index contributed by atoms with van der Waals surface area (Å²) < 4.78 is 154. The number of imidazole rings is 1. The molecule has 3 heterocycles. The van der Waals surface area contributed by atoms with Gasteiger partial charge in [-0.25, -0.2) is 13.8 Å². The Kier molecular flexibility index (Phi) is 11.0. The molecule has 3 aromatic heterocycles. The van der Waals surface area contributed by atoms with Crippen LogP contribution in [0.2, 0.25) is 0 Å². The van der Waals surface area contributed by atoms with Crippen LogP contribution in [0.3, 0.4) is 0 Å². The SMILES string of the molecule is Cn1nc(C(F)(F)F)cc1C(=O)NCc1ccc(C(F)(F)F)c(Cc2nc3cc(C(=O)NC4CCC(C(F)(F)F)CC4)c(OCC(F)F)nc3n2C)c1. The number of alkyl halides is 11. The van der Waals surface area contributed by atoms with Crippen molar-refractivity contribution in [3.05, 3.63) is 69.8 Å². The van der Waals surface area contributed by atoms with Crippen LogP contribution in [0.25, 0.3) is 11.2 Å². The van der Waals surface area contributed by atoms with E-state index in [1.54, 1.807) is 0 Å². The van der Waals surface area contributed by atoms with Gasteiger partial charge in [0.25, 0.3) is 18.2 Å². The first-order valence-corrected chi connectivity index (χ1v) is 15.8. The maximum atomic E-state index is 14.1. The number of hydrogen-bond donors (Lipinski definition) is 2. The van der Waals surface area contributed by atoms with E-state index in [9.17, 15) is 57.9 Å². The van der Waals surface area contributed by atoms with E-state index in [-0.39, 0.29) is 65.9 Å². The van der Waals surface area contributed by atoms with E-state index in [1.165, 1.54) is 11.6 Å². The average molecular weight is 770 g/mol. The van der Waals surface area contributed by atoms with Crippen LogP contribution in [0.1, 0.15) is 74.7 Å². The minimum atomic E-state index is -4.86. The number of benzene rings is 1. The van der Waals surface area contributed by atoms with Gasteiger partial charge in [0.1, 0.15) is 22.6 Å². The molecule has 2 amide bonds. The van der Waals surface area contributed by atoms with Gasteiger partial charge in [-0.3, -0.25) is 14.3 Å². The fourth-order valence-corrected chi connectivity index (χ4v) is 5.98. The molecule has 5 rings (SSSR count). The van der Waals surface area contributed by atoms with Crippen LogP contribution in [0, 0.1) is 5.92 Å². The van der Waals surface area contributed by atoms with Gasteiger partial charge in [-0.2, -0.15) is 49.6 Å². The molecule has 4 aromatic rings. The van der Waals surface area contributed by atoms with Crippen molar-refractivity contribution in [3.63, 3.8) is 0 Å². The number of ether oxygens (including phenoxy) is 1. The molecule has 0 bridgehead atoms. The minimum absolute atomic E-state index is 0.000845. The minimum Gasteiger partial charge on any atom is -0.471 e. The summed E-state index contributed by atoms with van der Waals surface area (Å²) in [6.07, 6.45) is -18.0. The first kappa shape index (κ1) is 39.2. The number of fused-ring (bicyclic) bond motifs is 1. The third kappa shape index (κ3) is 9.16. The number of aromatic nitrogens is 5. The van der Waals surface area contributed by atoms with E-state index >= 15 is 0 Å². The number of carbonyl (C=O) groups excluding carboxylic acids is 2. The van der Waals surface area contributed by atoms with Crippen molar-refractivity contribution >= 4 is 23.0 Å².